The molecular formula is C24H26F2N4O3. The van der Waals surface area contributed by atoms with Crippen LogP contribution in [-0.4, -0.2) is 56.2 Å². The van der Waals surface area contributed by atoms with Crippen molar-refractivity contribution in [3.8, 4) is 0 Å². The lowest BCUT2D eigenvalue weighted by molar-refractivity contribution is -0.139. The van der Waals surface area contributed by atoms with E-state index in [2.05, 4.69) is 15.5 Å². The molecule has 2 aliphatic rings. The van der Waals surface area contributed by atoms with E-state index in [0.29, 0.717) is 55.2 Å². The average molecular weight is 456 g/mol. The molecule has 1 atom stereocenters. The molecule has 33 heavy (non-hydrogen) atoms. The van der Waals surface area contributed by atoms with Crippen molar-refractivity contribution in [2.45, 2.75) is 13.0 Å². The van der Waals surface area contributed by atoms with Gasteiger partial charge in [0, 0.05) is 38.4 Å². The Kier molecular flexibility index (Phi) is 6.88. The number of urea groups is 1. The van der Waals surface area contributed by atoms with E-state index in [1.165, 1.54) is 30.3 Å². The number of rotatable bonds is 6. The molecule has 2 aromatic rings. The van der Waals surface area contributed by atoms with Crippen LogP contribution in [0.2, 0.25) is 0 Å². The minimum atomic E-state index is -0.756. The Morgan fingerprint density at radius 2 is 1.76 bits per heavy atom. The van der Waals surface area contributed by atoms with Gasteiger partial charge in [0.1, 0.15) is 11.6 Å². The lowest BCUT2D eigenvalue weighted by Gasteiger charge is -2.38. The number of ether oxygens (including phenoxy) is 1. The number of amides is 2. The topological polar surface area (TPSA) is 73.9 Å². The second-order valence-corrected chi connectivity index (χ2v) is 7.91. The van der Waals surface area contributed by atoms with Gasteiger partial charge in [-0.2, -0.15) is 0 Å². The molecule has 2 amide bonds. The summed E-state index contributed by atoms with van der Waals surface area (Å²) in [5.41, 5.74) is 1.89. The van der Waals surface area contributed by atoms with Crippen LogP contribution in [0.15, 0.2) is 59.8 Å². The number of nitrogens with one attached hydrogen (secondary N) is 2. The number of halogens is 2. The highest BCUT2D eigenvalue weighted by Crippen LogP contribution is 2.29. The number of para-hydroxylation sites is 1. The summed E-state index contributed by atoms with van der Waals surface area (Å²) < 4.78 is 32.8. The van der Waals surface area contributed by atoms with Gasteiger partial charge in [-0.25, -0.2) is 18.4 Å². The summed E-state index contributed by atoms with van der Waals surface area (Å²) in [7, 11) is 0. The fraction of sp³-hybridized carbons (Fsp3) is 0.333. The summed E-state index contributed by atoms with van der Waals surface area (Å²) in [6.45, 7) is 4.68. The molecule has 0 saturated carbocycles. The number of hydrogen-bond acceptors (Lipinski definition) is 5. The molecule has 1 saturated heterocycles. The number of esters is 1. The molecule has 0 radical (unpaired) electrons. The first-order chi connectivity index (χ1) is 16.0. The van der Waals surface area contributed by atoms with Gasteiger partial charge in [0.2, 0.25) is 0 Å². The van der Waals surface area contributed by atoms with E-state index in [1.54, 1.807) is 25.1 Å². The van der Waals surface area contributed by atoms with Gasteiger partial charge in [-0.05, 0) is 36.8 Å². The van der Waals surface area contributed by atoms with Gasteiger partial charge in [0.05, 0.1) is 23.9 Å². The van der Waals surface area contributed by atoms with E-state index in [1.807, 2.05) is 4.90 Å². The zero-order valence-electron chi connectivity index (χ0n) is 18.3. The van der Waals surface area contributed by atoms with Crippen molar-refractivity contribution in [1.82, 2.24) is 15.5 Å². The summed E-state index contributed by atoms with van der Waals surface area (Å²) in [4.78, 5) is 29.4. The third kappa shape index (κ3) is 5.14. The Morgan fingerprint density at radius 3 is 2.42 bits per heavy atom. The summed E-state index contributed by atoms with van der Waals surface area (Å²) in [5, 5.41) is 5.50. The molecule has 174 valence electrons. The number of carbonyl (C=O) groups is 2. The fourth-order valence-electron chi connectivity index (χ4n) is 4.18. The molecule has 2 N–H and O–H groups in total. The van der Waals surface area contributed by atoms with Crippen LogP contribution < -0.4 is 15.5 Å². The monoisotopic (exact) mass is 456 g/mol. The van der Waals surface area contributed by atoms with E-state index in [-0.39, 0.29) is 12.4 Å². The quantitative estimate of drug-likeness (QED) is 0.654. The minimum Gasteiger partial charge on any atom is -0.463 e. The number of piperazine rings is 1. The molecule has 2 heterocycles. The van der Waals surface area contributed by atoms with Crippen molar-refractivity contribution in [1.29, 1.82) is 0 Å². The Morgan fingerprint density at radius 1 is 1.06 bits per heavy atom. The van der Waals surface area contributed by atoms with Gasteiger partial charge in [0.15, 0.2) is 0 Å². The molecule has 2 aromatic carbocycles. The fourth-order valence-corrected chi connectivity index (χ4v) is 4.18. The molecule has 0 spiro atoms. The van der Waals surface area contributed by atoms with E-state index < -0.39 is 23.9 Å². The number of hydrogen-bond donors (Lipinski definition) is 2. The number of anilines is 1. The van der Waals surface area contributed by atoms with Gasteiger partial charge < -0.3 is 20.3 Å². The predicted molar refractivity (Wildman–Crippen MR) is 120 cm³/mol. The van der Waals surface area contributed by atoms with Crippen molar-refractivity contribution >= 4 is 17.7 Å². The zero-order valence-corrected chi connectivity index (χ0v) is 18.3. The van der Waals surface area contributed by atoms with Gasteiger partial charge in [0.25, 0.3) is 0 Å². The highest BCUT2D eigenvalue weighted by atomic mass is 19.1. The highest BCUT2D eigenvalue weighted by molar-refractivity contribution is 5.95. The number of benzene rings is 2. The maximum Gasteiger partial charge on any atom is 0.338 e. The van der Waals surface area contributed by atoms with Crippen LogP contribution in [0.4, 0.5) is 19.3 Å². The van der Waals surface area contributed by atoms with Crippen molar-refractivity contribution in [3.63, 3.8) is 0 Å². The van der Waals surface area contributed by atoms with E-state index >= 15 is 0 Å². The second-order valence-electron chi connectivity index (χ2n) is 7.91. The molecule has 0 aromatic heterocycles. The van der Waals surface area contributed by atoms with Crippen LogP contribution in [0, 0.1) is 11.6 Å². The molecular weight excluding hydrogens is 430 g/mol. The summed E-state index contributed by atoms with van der Waals surface area (Å²) >= 11 is 0. The third-order valence-corrected chi connectivity index (χ3v) is 5.80. The Bertz CT molecular complexity index is 1050. The van der Waals surface area contributed by atoms with Gasteiger partial charge in [-0.1, -0.05) is 24.3 Å². The Hall–Kier alpha value is -3.46. The summed E-state index contributed by atoms with van der Waals surface area (Å²) in [6, 6.07) is 11.1. The molecule has 2 aliphatic heterocycles. The maximum absolute atomic E-state index is 14.1. The van der Waals surface area contributed by atoms with Crippen LogP contribution in [0.25, 0.3) is 0 Å². The van der Waals surface area contributed by atoms with E-state index in [0.717, 1.165) is 0 Å². The van der Waals surface area contributed by atoms with Crippen LogP contribution in [0.3, 0.4) is 0 Å². The lowest BCUT2D eigenvalue weighted by Crippen LogP contribution is -2.52. The predicted octanol–water partition coefficient (Wildman–Crippen LogP) is 2.96. The number of nitrogens with zero attached hydrogens (tertiary/aromatic N) is 2. The van der Waals surface area contributed by atoms with Gasteiger partial charge in [-0.15, -0.1) is 0 Å². The van der Waals surface area contributed by atoms with Crippen molar-refractivity contribution in [3.05, 3.63) is 77.0 Å². The molecule has 7 nitrogen and oxygen atoms in total. The summed E-state index contributed by atoms with van der Waals surface area (Å²) in [6.07, 6.45) is 0. The second kappa shape index (κ2) is 9.99. The standard InChI is InChI=1S/C24H26F2N4O3/c1-2-33-23(31)21-19(27-24(32)28-22(21)16-7-9-17(25)10-8-16)15-29-11-13-30(14-12-29)20-6-4-3-5-18(20)26/h3-10,22H,2,11-15H2,1H3,(H2,27,28,32)/t22-/m1/s1. The SMILES string of the molecule is CCOC(=O)C1=C(CN2CCN(c3ccccc3F)CC2)NC(=O)N[C@@H]1c1ccc(F)cc1. The molecule has 0 aliphatic carbocycles. The largest absolute Gasteiger partial charge is 0.463 e. The highest BCUT2D eigenvalue weighted by Gasteiger charge is 2.34. The average Bonchev–Trinajstić information content (AvgIpc) is 2.80. The van der Waals surface area contributed by atoms with Crippen molar-refractivity contribution in [2.24, 2.45) is 0 Å². The van der Waals surface area contributed by atoms with E-state index in [4.69, 9.17) is 4.74 Å². The smallest absolute Gasteiger partial charge is 0.338 e. The Balaban J connectivity index is 1.56. The lowest BCUT2D eigenvalue weighted by atomic mass is 9.95. The third-order valence-electron chi connectivity index (χ3n) is 5.80. The van der Waals surface area contributed by atoms with Crippen LogP contribution in [0.5, 0.6) is 0 Å². The minimum absolute atomic E-state index is 0.182. The van der Waals surface area contributed by atoms with Crippen LogP contribution in [-0.2, 0) is 9.53 Å². The van der Waals surface area contributed by atoms with Gasteiger partial charge >= 0.3 is 12.0 Å². The first-order valence-electron chi connectivity index (χ1n) is 10.9. The molecule has 4 rings (SSSR count). The van der Waals surface area contributed by atoms with Crippen LogP contribution >= 0.6 is 0 Å². The first-order valence-corrected chi connectivity index (χ1v) is 10.9. The van der Waals surface area contributed by atoms with Gasteiger partial charge in [-0.3, -0.25) is 4.90 Å². The normalized spacial score (nSPS) is 19.2. The van der Waals surface area contributed by atoms with Crippen molar-refractivity contribution < 1.29 is 23.1 Å². The van der Waals surface area contributed by atoms with Crippen molar-refractivity contribution in [2.75, 3.05) is 44.2 Å². The van der Waals surface area contributed by atoms with Crippen LogP contribution in [0.1, 0.15) is 18.5 Å². The molecule has 1 fully saturated rings. The molecule has 9 heteroatoms. The zero-order chi connectivity index (χ0) is 23.4. The molecule has 0 unspecified atom stereocenters. The number of carbonyl (C=O) groups excluding carboxylic acids is 2. The first kappa shape index (κ1) is 22.7. The maximum atomic E-state index is 14.1. The molecule has 0 bridgehead atoms. The van der Waals surface area contributed by atoms with E-state index in [9.17, 15) is 18.4 Å². The Labute approximate surface area is 191 Å². The summed E-state index contributed by atoms with van der Waals surface area (Å²) in [5.74, 6) is -1.21.